The first kappa shape index (κ1) is 12.0. The van der Waals surface area contributed by atoms with E-state index in [9.17, 15) is 9.59 Å². The first-order chi connectivity index (χ1) is 6.00. The van der Waals surface area contributed by atoms with Gasteiger partial charge in [0, 0.05) is 0 Å². The number of rotatable bonds is 5. The molecule has 0 bridgehead atoms. The summed E-state index contributed by atoms with van der Waals surface area (Å²) in [7, 11) is 1.61. The van der Waals surface area contributed by atoms with Gasteiger partial charge in [0.1, 0.15) is 6.10 Å². The SMILES string of the molecule is CNCNC(=O)C(O)C(O)C(C)=O. The predicted molar refractivity (Wildman–Crippen MR) is 44.8 cm³/mol. The number of hydrogen-bond donors (Lipinski definition) is 4. The van der Waals surface area contributed by atoms with E-state index in [0.29, 0.717) is 0 Å². The number of aliphatic hydroxyl groups is 2. The Morgan fingerprint density at radius 3 is 2.23 bits per heavy atom. The topological polar surface area (TPSA) is 98.7 Å². The molecular formula is C7H14N2O4. The van der Waals surface area contributed by atoms with Crippen LogP contribution in [0.1, 0.15) is 6.92 Å². The summed E-state index contributed by atoms with van der Waals surface area (Å²) in [5.41, 5.74) is 0. The lowest BCUT2D eigenvalue weighted by Crippen LogP contribution is -2.46. The van der Waals surface area contributed by atoms with Crippen LogP contribution in [0.25, 0.3) is 0 Å². The van der Waals surface area contributed by atoms with Crippen LogP contribution in [0.15, 0.2) is 0 Å². The van der Waals surface area contributed by atoms with Crippen LogP contribution in [0, 0.1) is 0 Å². The number of nitrogens with one attached hydrogen (secondary N) is 2. The molecule has 0 saturated carbocycles. The molecule has 0 aliphatic rings. The summed E-state index contributed by atoms with van der Waals surface area (Å²) in [6, 6.07) is 0. The summed E-state index contributed by atoms with van der Waals surface area (Å²) in [4.78, 5) is 21.5. The fraction of sp³-hybridized carbons (Fsp3) is 0.714. The van der Waals surface area contributed by atoms with Crippen molar-refractivity contribution in [3.05, 3.63) is 0 Å². The van der Waals surface area contributed by atoms with Gasteiger partial charge < -0.3 is 20.8 Å². The highest BCUT2D eigenvalue weighted by Gasteiger charge is 2.26. The Morgan fingerprint density at radius 1 is 1.31 bits per heavy atom. The summed E-state index contributed by atoms with van der Waals surface area (Å²) in [5.74, 6) is -1.43. The molecule has 0 aliphatic heterocycles. The minimum Gasteiger partial charge on any atom is -0.382 e. The van der Waals surface area contributed by atoms with Crippen molar-refractivity contribution in [3.63, 3.8) is 0 Å². The van der Waals surface area contributed by atoms with Crippen molar-refractivity contribution in [1.29, 1.82) is 0 Å². The second kappa shape index (κ2) is 5.63. The summed E-state index contributed by atoms with van der Waals surface area (Å²) >= 11 is 0. The van der Waals surface area contributed by atoms with Crippen LogP contribution in [0.4, 0.5) is 0 Å². The van der Waals surface area contributed by atoms with E-state index in [2.05, 4.69) is 10.6 Å². The zero-order valence-corrected chi connectivity index (χ0v) is 7.57. The summed E-state index contributed by atoms with van der Waals surface area (Å²) < 4.78 is 0. The van der Waals surface area contributed by atoms with Crippen LogP contribution >= 0.6 is 0 Å². The molecule has 0 radical (unpaired) electrons. The smallest absolute Gasteiger partial charge is 0.253 e. The average Bonchev–Trinajstić information content (AvgIpc) is 2.11. The molecule has 13 heavy (non-hydrogen) atoms. The van der Waals surface area contributed by atoms with Crippen LogP contribution in [0.3, 0.4) is 0 Å². The van der Waals surface area contributed by atoms with Gasteiger partial charge in [-0.05, 0) is 14.0 Å². The van der Waals surface area contributed by atoms with Crippen LogP contribution < -0.4 is 10.6 Å². The Kier molecular flexibility index (Phi) is 5.20. The van der Waals surface area contributed by atoms with Crippen LogP contribution in [0.2, 0.25) is 0 Å². The number of hydrogen-bond acceptors (Lipinski definition) is 5. The third-order valence-electron chi connectivity index (χ3n) is 1.42. The molecule has 0 aromatic rings. The zero-order chi connectivity index (χ0) is 10.4. The number of carbonyl (C=O) groups excluding carboxylic acids is 2. The minimum atomic E-state index is -1.70. The Balaban J connectivity index is 4.01. The van der Waals surface area contributed by atoms with Crippen molar-refractivity contribution in [2.75, 3.05) is 13.7 Å². The second-order valence-corrected chi connectivity index (χ2v) is 2.57. The van der Waals surface area contributed by atoms with Crippen molar-refractivity contribution < 1.29 is 19.8 Å². The monoisotopic (exact) mass is 190 g/mol. The summed E-state index contributed by atoms with van der Waals surface area (Å²) in [6.07, 6.45) is -3.36. The van der Waals surface area contributed by atoms with Gasteiger partial charge in [0.15, 0.2) is 11.9 Å². The van der Waals surface area contributed by atoms with Gasteiger partial charge in [-0.3, -0.25) is 9.59 Å². The molecular weight excluding hydrogens is 176 g/mol. The average molecular weight is 190 g/mol. The van der Waals surface area contributed by atoms with E-state index >= 15 is 0 Å². The first-order valence-electron chi connectivity index (χ1n) is 3.79. The maximum Gasteiger partial charge on any atom is 0.253 e. The molecule has 0 aromatic heterocycles. The van der Waals surface area contributed by atoms with Crippen molar-refractivity contribution in [3.8, 4) is 0 Å². The lowest BCUT2D eigenvalue weighted by atomic mass is 10.1. The molecule has 0 saturated heterocycles. The molecule has 4 N–H and O–H groups in total. The van der Waals surface area contributed by atoms with Crippen LogP contribution in [-0.2, 0) is 9.59 Å². The summed E-state index contributed by atoms with van der Waals surface area (Å²) in [6.45, 7) is 1.26. The predicted octanol–water partition coefficient (Wildman–Crippen LogP) is -2.41. The van der Waals surface area contributed by atoms with Gasteiger partial charge in [-0.15, -0.1) is 0 Å². The zero-order valence-electron chi connectivity index (χ0n) is 7.57. The number of carbonyl (C=O) groups is 2. The van der Waals surface area contributed by atoms with Gasteiger partial charge in [0.2, 0.25) is 0 Å². The van der Waals surface area contributed by atoms with Gasteiger partial charge >= 0.3 is 0 Å². The normalized spacial score (nSPS) is 14.8. The van der Waals surface area contributed by atoms with Crippen LogP contribution in [0.5, 0.6) is 0 Å². The maximum atomic E-state index is 10.9. The summed E-state index contributed by atoms with van der Waals surface area (Å²) in [5, 5.41) is 22.9. The van der Waals surface area contributed by atoms with E-state index in [1.54, 1.807) is 7.05 Å². The number of ketones is 1. The largest absolute Gasteiger partial charge is 0.382 e. The van der Waals surface area contributed by atoms with E-state index in [0.717, 1.165) is 6.92 Å². The number of amides is 1. The van der Waals surface area contributed by atoms with Gasteiger partial charge in [-0.25, -0.2) is 0 Å². The molecule has 2 unspecified atom stereocenters. The first-order valence-corrected chi connectivity index (χ1v) is 3.79. The lowest BCUT2D eigenvalue weighted by molar-refractivity contribution is -0.143. The lowest BCUT2D eigenvalue weighted by Gasteiger charge is -2.14. The van der Waals surface area contributed by atoms with Crippen molar-refractivity contribution >= 4 is 11.7 Å². The van der Waals surface area contributed by atoms with Crippen LogP contribution in [-0.4, -0.2) is 47.8 Å². The Bertz CT molecular complexity index is 195. The molecule has 0 fully saturated rings. The molecule has 0 aromatic carbocycles. The standard InChI is InChI=1S/C7H14N2O4/c1-4(10)5(11)6(12)7(13)9-3-8-2/h5-6,8,11-12H,3H2,1-2H3,(H,9,13). The minimum absolute atomic E-state index is 0.167. The van der Waals surface area contributed by atoms with Crippen molar-refractivity contribution in [2.45, 2.75) is 19.1 Å². The van der Waals surface area contributed by atoms with Crippen molar-refractivity contribution in [1.82, 2.24) is 10.6 Å². The molecule has 0 heterocycles. The fourth-order valence-corrected chi connectivity index (χ4v) is 0.646. The van der Waals surface area contributed by atoms with Gasteiger partial charge in [0.05, 0.1) is 6.67 Å². The molecule has 76 valence electrons. The highest BCUT2D eigenvalue weighted by atomic mass is 16.3. The number of aliphatic hydroxyl groups excluding tert-OH is 2. The third-order valence-corrected chi connectivity index (χ3v) is 1.42. The third kappa shape index (κ3) is 3.97. The van der Waals surface area contributed by atoms with Crippen molar-refractivity contribution in [2.24, 2.45) is 0 Å². The molecule has 0 spiro atoms. The van der Waals surface area contributed by atoms with Gasteiger partial charge in [-0.2, -0.15) is 0 Å². The van der Waals surface area contributed by atoms with E-state index in [-0.39, 0.29) is 6.67 Å². The fourth-order valence-electron chi connectivity index (χ4n) is 0.646. The van der Waals surface area contributed by atoms with E-state index < -0.39 is 23.9 Å². The molecule has 6 nitrogen and oxygen atoms in total. The molecule has 0 rings (SSSR count). The molecule has 1 amide bonds. The molecule has 6 heteroatoms. The second-order valence-electron chi connectivity index (χ2n) is 2.57. The van der Waals surface area contributed by atoms with E-state index in [4.69, 9.17) is 10.2 Å². The Labute approximate surface area is 75.9 Å². The highest BCUT2D eigenvalue weighted by Crippen LogP contribution is 1.94. The maximum absolute atomic E-state index is 10.9. The Hall–Kier alpha value is -0.980. The quantitative estimate of drug-likeness (QED) is 0.362. The van der Waals surface area contributed by atoms with Gasteiger partial charge in [-0.1, -0.05) is 0 Å². The Morgan fingerprint density at radius 2 is 1.85 bits per heavy atom. The molecule has 0 aliphatic carbocycles. The molecule has 2 atom stereocenters. The van der Waals surface area contributed by atoms with E-state index in [1.807, 2.05) is 0 Å². The van der Waals surface area contributed by atoms with Gasteiger partial charge in [0.25, 0.3) is 5.91 Å². The number of Topliss-reactive ketones (excluding diaryl/α,β-unsaturated/α-hetero) is 1. The van der Waals surface area contributed by atoms with E-state index in [1.165, 1.54) is 0 Å². The highest BCUT2D eigenvalue weighted by molar-refractivity contribution is 5.90.